The van der Waals surface area contributed by atoms with Crippen molar-refractivity contribution < 1.29 is 0 Å². The number of fused-ring (bicyclic) bond motifs is 5. The number of hydrogen-bond donors (Lipinski definition) is 0. The summed E-state index contributed by atoms with van der Waals surface area (Å²) in [5.74, 6) is 0. The second-order valence-electron chi connectivity index (χ2n) is 14.9. The van der Waals surface area contributed by atoms with Crippen LogP contribution in [0.5, 0.6) is 0 Å². The van der Waals surface area contributed by atoms with Crippen molar-refractivity contribution in [1.82, 2.24) is 4.57 Å². The lowest BCUT2D eigenvalue weighted by Gasteiger charge is -2.27. The number of nitrogens with zero attached hydrogens (tertiary/aromatic N) is 2. The summed E-state index contributed by atoms with van der Waals surface area (Å²) in [7, 11) is 0. The lowest BCUT2D eigenvalue weighted by Crippen LogP contribution is -2.10. The second-order valence-corrected chi connectivity index (χ2v) is 14.9. The average molecular weight is 739 g/mol. The molecule has 1 heterocycles. The molecule has 0 radical (unpaired) electrons. The van der Waals surface area contributed by atoms with Crippen molar-refractivity contribution in [1.29, 1.82) is 0 Å². The van der Waals surface area contributed by atoms with Gasteiger partial charge in [-0.1, -0.05) is 170 Å². The standard InChI is InChI=1S/C56H38N2/c1-4-17-39(18-5-1)42-21-16-24-45(37-42)57(46-35-36-54-52(38-46)47-25-14-15-30-53(47)58(54)43-22-8-3-9-23-43)44-33-31-41(32-34-44)56-50-28-12-10-26-48(50)55(40-19-6-2-7-20-40)49-27-11-13-29-51(49)56/h1-38H. The van der Waals surface area contributed by atoms with Gasteiger partial charge in [0.15, 0.2) is 0 Å². The van der Waals surface area contributed by atoms with E-state index in [0.717, 1.165) is 22.7 Å². The van der Waals surface area contributed by atoms with E-state index in [-0.39, 0.29) is 0 Å². The Morgan fingerprint density at radius 2 is 0.707 bits per heavy atom. The van der Waals surface area contributed by atoms with Gasteiger partial charge in [0.05, 0.1) is 11.0 Å². The number of aromatic nitrogens is 1. The van der Waals surface area contributed by atoms with Gasteiger partial charge in [-0.05, 0) is 116 Å². The van der Waals surface area contributed by atoms with Crippen molar-refractivity contribution in [2.75, 3.05) is 4.90 Å². The van der Waals surface area contributed by atoms with E-state index in [4.69, 9.17) is 0 Å². The number of hydrogen-bond acceptors (Lipinski definition) is 1. The van der Waals surface area contributed by atoms with Crippen molar-refractivity contribution >= 4 is 60.4 Å². The molecule has 0 N–H and O–H groups in total. The highest BCUT2D eigenvalue weighted by molar-refractivity contribution is 6.21. The Bertz CT molecular complexity index is 3200. The maximum atomic E-state index is 2.40. The van der Waals surface area contributed by atoms with Crippen LogP contribution in [0.15, 0.2) is 231 Å². The van der Waals surface area contributed by atoms with Crippen LogP contribution in [-0.4, -0.2) is 4.57 Å². The normalized spacial score (nSPS) is 11.4. The zero-order chi connectivity index (χ0) is 38.4. The first-order chi connectivity index (χ1) is 28.8. The molecule has 10 aromatic carbocycles. The molecule has 0 atom stereocenters. The molecule has 0 aliphatic heterocycles. The first kappa shape index (κ1) is 33.6. The predicted molar refractivity (Wildman–Crippen MR) is 247 cm³/mol. The number of para-hydroxylation sites is 2. The van der Waals surface area contributed by atoms with Crippen LogP contribution in [-0.2, 0) is 0 Å². The van der Waals surface area contributed by atoms with Crippen LogP contribution < -0.4 is 4.90 Å². The first-order valence-corrected chi connectivity index (χ1v) is 19.9. The van der Waals surface area contributed by atoms with E-state index < -0.39 is 0 Å². The monoisotopic (exact) mass is 738 g/mol. The Morgan fingerprint density at radius 3 is 1.33 bits per heavy atom. The maximum Gasteiger partial charge on any atom is 0.0542 e. The van der Waals surface area contributed by atoms with Crippen LogP contribution in [0.2, 0.25) is 0 Å². The molecule has 2 heteroatoms. The molecule has 0 spiro atoms. The molecule has 0 unspecified atom stereocenters. The zero-order valence-electron chi connectivity index (χ0n) is 31.8. The minimum Gasteiger partial charge on any atom is -0.310 e. The topological polar surface area (TPSA) is 8.17 Å². The summed E-state index contributed by atoms with van der Waals surface area (Å²) in [5, 5.41) is 7.46. The predicted octanol–water partition coefficient (Wildman–Crippen LogP) is 15.6. The van der Waals surface area contributed by atoms with E-state index in [1.54, 1.807) is 0 Å². The molecule has 272 valence electrons. The smallest absolute Gasteiger partial charge is 0.0542 e. The molecule has 0 fully saturated rings. The Kier molecular flexibility index (Phi) is 8.19. The largest absolute Gasteiger partial charge is 0.310 e. The fourth-order valence-corrected chi connectivity index (χ4v) is 8.99. The Labute approximate surface area is 338 Å². The molecule has 1 aromatic heterocycles. The quantitative estimate of drug-likeness (QED) is 0.148. The summed E-state index contributed by atoms with van der Waals surface area (Å²) in [6.07, 6.45) is 0. The number of rotatable bonds is 7. The highest BCUT2D eigenvalue weighted by atomic mass is 15.1. The fraction of sp³-hybridized carbons (Fsp3) is 0. The third kappa shape index (κ3) is 5.66. The van der Waals surface area contributed by atoms with Gasteiger partial charge < -0.3 is 9.47 Å². The van der Waals surface area contributed by atoms with Crippen LogP contribution in [0, 0.1) is 0 Å². The fourth-order valence-electron chi connectivity index (χ4n) is 8.99. The molecule has 0 saturated heterocycles. The number of benzene rings is 10. The average Bonchev–Trinajstić information content (AvgIpc) is 3.63. The highest BCUT2D eigenvalue weighted by Gasteiger charge is 2.20. The summed E-state index contributed by atoms with van der Waals surface area (Å²) in [6.45, 7) is 0. The van der Waals surface area contributed by atoms with E-state index in [1.807, 2.05) is 0 Å². The van der Waals surface area contributed by atoms with Gasteiger partial charge in [0.1, 0.15) is 0 Å². The first-order valence-electron chi connectivity index (χ1n) is 19.9. The van der Waals surface area contributed by atoms with Gasteiger partial charge in [0.25, 0.3) is 0 Å². The van der Waals surface area contributed by atoms with Gasteiger partial charge in [0.2, 0.25) is 0 Å². The van der Waals surface area contributed by atoms with Gasteiger partial charge in [-0.3, -0.25) is 0 Å². The van der Waals surface area contributed by atoms with Crippen molar-refractivity contribution in [2.24, 2.45) is 0 Å². The van der Waals surface area contributed by atoms with Crippen LogP contribution >= 0.6 is 0 Å². The lowest BCUT2D eigenvalue weighted by molar-refractivity contribution is 1.18. The van der Waals surface area contributed by atoms with Gasteiger partial charge in [-0.25, -0.2) is 0 Å². The van der Waals surface area contributed by atoms with E-state index >= 15 is 0 Å². The third-order valence-corrected chi connectivity index (χ3v) is 11.5. The molecule has 0 amide bonds. The van der Waals surface area contributed by atoms with Crippen LogP contribution in [0.25, 0.3) is 82.4 Å². The highest BCUT2D eigenvalue weighted by Crippen LogP contribution is 2.45. The Hall–Kier alpha value is -7.68. The lowest BCUT2D eigenvalue weighted by atomic mass is 9.86. The summed E-state index contributed by atoms with van der Waals surface area (Å²) < 4.78 is 2.38. The summed E-state index contributed by atoms with van der Waals surface area (Å²) >= 11 is 0. The molecule has 58 heavy (non-hydrogen) atoms. The van der Waals surface area contributed by atoms with Gasteiger partial charge >= 0.3 is 0 Å². The molecular weight excluding hydrogens is 701 g/mol. The summed E-state index contributed by atoms with van der Waals surface area (Å²) in [4.78, 5) is 2.40. The summed E-state index contributed by atoms with van der Waals surface area (Å²) in [5.41, 5.74) is 14.2. The minimum atomic E-state index is 1.09. The molecule has 0 saturated carbocycles. The Morgan fingerprint density at radius 1 is 0.259 bits per heavy atom. The van der Waals surface area contributed by atoms with Crippen LogP contribution in [0.3, 0.4) is 0 Å². The van der Waals surface area contributed by atoms with Crippen molar-refractivity contribution in [3.8, 4) is 39.1 Å². The van der Waals surface area contributed by atoms with E-state index in [0.29, 0.717) is 0 Å². The van der Waals surface area contributed by atoms with E-state index in [1.165, 1.54) is 76.7 Å². The molecule has 0 aliphatic carbocycles. The van der Waals surface area contributed by atoms with Gasteiger partial charge in [-0.2, -0.15) is 0 Å². The van der Waals surface area contributed by atoms with Crippen LogP contribution in [0.4, 0.5) is 17.1 Å². The Balaban J connectivity index is 1.10. The molecule has 11 rings (SSSR count). The SMILES string of the molecule is c1ccc(-c2cccc(N(c3ccc(-c4c5ccccc5c(-c5ccccc5)c5ccccc45)cc3)c3ccc4c(c3)c3ccccc3n4-c3ccccc3)c2)cc1. The maximum absolute atomic E-state index is 2.40. The second kappa shape index (κ2) is 14.1. The molecule has 0 bridgehead atoms. The zero-order valence-corrected chi connectivity index (χ0v) is 31.8. The van der Waals surface area contributed by atoms with Crippen molar-refractivity contribution in [3.05, 3.63) is 231 Å². The molecule has 2 nitrogen and oxygen atoms in total. The number of anilines is 3. The minimum absolute atomic E-state index is 1.09. The van der Waals surface area contributed by atoms with E-state index in [9.17, 15) is 0 Å². The molecule has 0 aliphatic rings. The third-order valence-electron chi connectivity index (χ3n) is 11.5. The van der Waals surface area contributed by atoms with Crippen molar-refractivity contribution in [3.63, 3.8) is 0 Å². The van der Waals surface area contributed by atoms with Gasteiger partial charge in [0, 0.05) is 33.5 Å². The summed E-state index contributed by atoms with van der Waals surface area (Å²) in [6, 6.07) is 83.6. The van der Waals surface area contributed by atoms with Gasteiger partial charge in [-0.15, -0.1) is 0 Å². The van der Waals surface area contributed by atoms with Crippen molar-refractivity contribution in [2.45, 2.75) is 0 Å². The van der Waals surface area contributed by atoms with Crippen LogP contribution in [0.1, 0.15) is 0 Å². The van der Waals surface area contributed by atoms with E-state index in [2.05, 4.69) is 240 Å². The molecule has 11 aromatic rings. The molecular formula is C56H38N2.